The van der Waals surface area contributed by atoms with E-state index < -0.39 is 0 Å². The monoisotopic (exact) mass is 442 g/mol. The molecule has 7 nitrogen and oxygen atoms in total. The quantitative estimate of drug-likeness (QED) is 0.713. The summed E-state index contributed by atoms with van der Waals surface area (Å²) in [6.07, 6.45) is 1.46. The Morgan fingerprint density at radius 1 is 0.844 bits per heavy atom. The van der Waals surface area contributed by atoms with E-state index in [0.717, 1.165) is 51.7 Å². The van der Waals surface area contributed by atoms with E-state index in [2.05, 4.69) is 24.2 Å². The molecule has 4 atom stereocenters. The molecule has 0 spiro atoms. The van der Waals surface area contributed by atoms with Crippen molar-refractivity contribution < 1.29 is 24.1 Å². The fourth-order valence-corrected chi connectivity index (χ4v) is 5.58. The minimum absolute atomic E-state index is 0.0146. The number of benzene rings is 2. The molecule has 0 radical (unpaired) electrons. The lowest BCUT2D eigenvalue weighted by molar-refractivity contribution is 0.0693. The lowest BCUT2D eigenvalue weighted by Crippen LogP contribution is -2.53. The minimum Gasteiger partial charge on any atom is -0.496 e. The standard InChI is InChI=1S/C25H34N2O5/c1-14-23-17(20(30-4)7-9-21(23)31-5)12-18(26-14)25-24-16(11-15(13-28)27(25)2)19(29-3)8-10-22(24)32-6/h7-10,14-15,18,25-26,28H,11-13H2,1-6H3/t14-,15-,18-,25-/m0/s1. The van der Waals surface area contributed by atoms with Crippen LogP contribution in [0.25, 0.3) is 0 Å². The summed E-state index contributed by atoms with van der Waals surface area (Å²) in [6.45, 7) is 2.23. The van der Waals surface area contributed by atoms with Gasteiger partial charge in [-0.05, 0) is 51.1 Å². The molecule has 32 heavy (non-hydrogen) atoms. The van der Waals surface area contributed by atoms with Crippen molar-refractivity contribution in [3.63, 3.8) is 0 Å². The molecule has 0 saturated heterocycles. The van der Waals surface area contributed by atoms with Gasteiger partial charge < -0.3 is 29.4 Å². The fraction of sp³-hybridized carbons (Fsp3) is 0.520. The van der Waals surface area contributed by atoms with Crippen molar-refractivity contribution >= 4 is 0 Å². The number of ether oxygens (including phenoxy) is 4. The van der Waals surface area contributed by atoms with Crippen LogP contribution in [-0.2, 0) is 12.8 Å². The summed E-state index contributed by atoms with van der Waals surface area (Å²) < 4.78 is 22.9. The molecule has 2 aromatic rings. The summed E-state index contributed by atoms with van der Waals surface area (Å²) in [4.78, 5) is 2.27. The average Bonchev–Trinajstić information content (AvgIpc) is 2.81. The van der Waals surface area contributed by atoms with Crippen molar-refractivity contribution in [3.05, 3.63) is 46.5 Å². The molecule has 4 rings (SSSR count). The molecule has 0 saturated carbocycles. The Kier molecular flexibility index (Phi) is 6.51. The predicted octanol–water partition coefficient (Wildman–Crippen LogP) is 2.89. The molecule has 0 bridgehead atoms. The van der Waals surface area contributed by atoms with Gasteiger partial charge in [0.1, 0.15) is 23.0 Å². The second-order valence-corrected chi connectivity index (χ2v) is 8.57. The molecule has 0 aromatic heterocycles. The molecule has 174 valence electrons. The molecule has 0 aliphatic carbocycles. The Morgan fingerprint density at radius 3 is 1.88 bits per heavy atom. The summed E-state index contributed by atoms with van der Waals surface area (Å²) in [5.74, 6) is 3.41. The van der Waals surface area contributed by atoms with Crippen LogP contribution < -0.4 is 24.3 Å². The molecule has 2 aromatic carbocycles. The van der Waals surface area contributed by atoms with E-state index in [1.165, 1.54) is 0 Å². The number of hydrogen-bond acceptors (Lipinski definition) is 7. The van der Waals surface area contributed by atoms with Crippen LogP contribution in [0.5, 0.6) is 23.0 Å². The maximum absolute atomic E-state index is 10.2. The highest BCUT2D eigenvalue weighted by atomic mass is 16.5. The first-order valence-electron chi connectivity index (χ1n) is 11.0. The topological polar surface area (TPSA) is 72.4 Å². The molecule has 2 aliphatic rings. The summed E-state index contributed by atoms with van der Waals surface area (Å²) in [7, 11) is 8.89. The third-order valence-corrected chi connectivity index (χ3v) is 7.09. The Bertz CT molecular complexity index is 979. The van der Waals surface area contributed by atoms with Gasteiger partial charge in [-0.15, -0.1) is 0 Å². The second kappa shape index (κ2) is 9.17. The average molecular weight is 443 g/mol. The van der Waals surface area contributed by atoms with Crippen LogP contribution in [0.2, 0.25) is 0 Å². The van der Waals surface area contributed by atoms with Gasteiger partial charge in [0.05, 0.1) is 41.1 Å². The van der Waals surface area contributed by atoms with E-state index in [0.29, 0.717) is 6.42 Å². The van der Waals surface area contributed by atoms with Gasteiger partial charge in [-0.2, -0.15) is 0 Å². The van der Waals surface area contributed by atoms with Crippen molar-refractivity contribution in [2.45, 2.75) is 43.9 Å². The van der Waals surface area contributed by atoms with Gasteiger partial charge in [0.15, 0.2) is 0 Å². The van der Waals surface area contributed by atoms with Crippen LogP contribution in [0.1, 0.15) is 41.3 Å². The number of nitrogens with zero attached hydrogens (tertiary/aromatic N) is 1. The molecule has 0 unspecified atom stereocenters. The lowest BCUT2D eigenvalue weighted by atomic mass is 9.79. The van der Waals surface area contributed by atoms with Crippen LogP contribution in [-0.4, -0.2) is 64.2 Å². The zero-order chi connectivity index (χ0) is 23.0. The van der Waals surface area contributed by atoms with E-state index >= 15 is 0 Å². The van der Waals surface area contributed by atoms with E-state index in [1.54, 1.807) is 28.4 Å². The predicted molar refractivity (Wildman–Crippen MR) is 123 cm³/mol. The van der Waals surface area contributed by atoms with Crippen molar-refractivity contribution in [2.24, 2.45) is 0 Å². The number of methoxy groups -OCH3 is 4. The highest BCUT2D eigenvalue weighted by molar-refractivity contribution is 5.55. The first kappa shape index (κ1) is 22.7. The van der Waals surface area contributed by atoms with Crippen LogP contribution >= 0.6 is 0 Å². The Labute approximate surface area is 190 Å². The van der Waals surface area contributed by atoms with Crippen molar-refractivity contribution in [2.75, 3.05) is 42.1 Å². The highest BCUT2D eigenvalue weighted by Crippen LogP contribution is 2.47. The summed E-state index contributed by atoms with van der Waals surface area (Å²) >= 11 is 0. The Hall–Kier alpha value is -2.48. The smallest absolute Gasteiger partial charge is 0.124 e. The largest absolute Gasteiger partial charge is 0.496 e. The van der Waals surface area contributed by atoms with Crippen molar-refractivity contribution in [3.8, 4) is 23.0 Å². The number of aliphatic hydroxyl groups excluding tert-OH is 1. The van der Waals surface area contributed by atoms with Crippen LogP contribution in [0.15, 0.2) is 24.3 Å². The maximum atomic E-state index is 10.2. The van der Waals surface area contributed by atoms with Gasteiger partial charge in [-0.3, -0.25) is 4.90 Å². The normalized spacial score (nSPS) is 25.0. The number of likely N-dealkylation sites (N-methyl/N-ethyl adjacent to an activating group) is 1. The first-order chi connectivity index (χ1) is 15.5. The number of nitrogens with one attached hydrogen (secondary N) is 1. The summed E-state index contributed by atoms with van der Waals surface area (Å²) in [5, 5.41) is 14.0. The third-order valence-electron chi connectivity index (χ3n) is 7.09. The number of fused-ring (bicyclic) bond motifs is 2. The molecule has 7 heteroatoms. The molecule has 2 aliphatic heterocycles. The number of rotatable bonds is 6. The van der Waals surface area contributed by atoms with Crippen LogP contribution in [0.4, 0.5) is 0 Å². The molecular formula is C25H34N2O5. The van der Waals surface area contributed by atoms with Gasteiger partial charge in [0, 0.05) is 40.4 Å². The zero-order valence-electron chi connectivity index (χ0n) is 19.8. The molecular weight excluding hydrogens is 408 g/mol. The Morgan fingerprint density at radius 2 is 1.34 bits per heavy atom. The highest BCUT2D eigenvalue weighted by Gasteiger charge is 2.43. The molecule has 2 heterocycles. The van der Waals surface area contributed by atoms with E-state index in [9.17, 15) is 5.11 Å². The molecule has 0 fully saturated rings. The van der Waals surface area contributed by atoms with Crippen molar-refractivity contribution in [1.29, 1.82) is 0 Å². The van der Waals surface area contributed by atoms with Gasteiger partial charge in [0.25, 0.3) is 0 Å². The molecule has 0 amide bonds. The van der Waals surface area contributed by atoms with Gasteiger partial charge in [0.2, 0.25) is 0 Å². The number of aliphatic hydroxyl groups is 1. The number of hydrogen-bond donors (Lipinski definition) is 2. The van der Waals surface area contributed by atoms with Crippen LogP contribution in [0, 0.1) is 0 Å². The summed E-state index contributed by atoms with van der Waals surface area (Å²) in [5.41, 5.74) is 4.52. The molecule has 2 N–H and O–H groups in total. The Balaban J connectivity index is 1.86. The van der Waals surface area contributed by atoms with Crippen LogP contribution in [0.3, 0.4) is 0 Å². The van der Waals surface area contributed by atoms with E-state index in [-0.39, 0.29) is 30.8 Å². The van der Waals surface area contributed by atoms with E-state index in [1.807, 2.05) is 24.3 Å². The fourth-order valence-electron chi connectivity index (χ4n) is 5.58. The van der Waals surface area contributed by atoms with E-state index in [4.69, 9.17) is 18.9 Å². The van der Waals surface area contributed by atoms with Crippen molar-refractivity contribution in [1.82, 2.24) is 10.2 Å². The lowest BCUT2D eigenvalue weighted by Gasteiger charge is -2.47. The SMILES string of the molecule is COc1ccc(OC)c2c1C[C@@H]([C@H]1c3c(OC)ccc(OC)c3C[C@@H](CO)N1C)N[C@H]2C. The van der Waals surface area contributed by atoms with Gasteiger partial charge >= 0.3 is 0 Å². The van der Waals surface area contributed by atoms with Gasteiger partial charge in [-0.25, -0.2) is 0 Å². The zero-order valence-corrected chi connectivity index (χ0v) is 19.8. The minimum atomic E-state index is -0.0209. The maximum Gasteiger partial charge on any atom is 0.124 e. The first-order valence-corrected chi connectivity index (χ1v) is 11.0. The summed E-state index contributed by atoms with van der Waals surface area (Å²) in [6, 6.07) is 7.97. The second-order valence-electron chi connectivity index (χ2n) is 8.57. The third kappa shape index (κ3) is 3.58. The van der Waals surface area contributed by atoms with Gasteiger partial charge in [-0.1, -0.05) is 0 Å².